The summed E-state index contributed by atoms with van der Waals surface area (Å²) in [5.74, 6) is 0.122. The van der Waals surface area contributed by atoms with Crippen molar-refractivity contribution in [3.05, 3.63) is 24.3 Å². The van der Waals surface area contributed by atoms with Gasteiger partial charge >= 0.3 is 5.97 Å². The van der Waals surface area contributed by atoms with Gasteiger partial charge in [0.25, 0.3) is 0 Å². The van der Waals surface area contributed by atoms with Gasteiger partial charge in [-0.15, -0.1) is 0 Å². The van der Waals surface area contributed by atoms with E-state index in [0.717, 1.165) is 6.42 Å². The molecule has 0 saturated carbocycles. The summed E-state index contributed by atoms with van der Waals surface area (Å²) >= 11 is 0. The van der Waals surface area contributed by atoms with E-state index in [9.17, 15) is 4.79 Å². The highest BCUT2D eigenvalue weighted by molar-refractivity contribution is 5.69. The van der Waals surface area contributed by atoms with E-state index in [1.54, 1.807) is 13.0 Å². The highest BCUT2D eigenvalue weighted by atomic mass is 16.5. The highest BCUT2D eigenvalue weighted by Crippen LogP contribution is 2.15. The first-order valence-electron chi connectivity index (χ1n) is 5.46. The van der Waals surface area contributed by atoms with Gasteiger partial charge in [0, 0.05) is 12.3 Å². The van der Waals surface area contributed by atoms with Crippen molar-refractivity contribution < 1.29 is 9.53 Å². The summed E-state index contributed by atoms with van der Waals surface area (Å²) in [5.41, 5.74) is 1.28. The van der Waals surface area contributed by atoms with Gasteiger partial charge in [-0.1, -0.05) is 38.2 Å². The van der Waals surface area contributed by atoms with Crippen LogP contribution in [0.3, 0.4) is 0 Å². The number of esters is 1. The second-order valence-electron chi connectivity index (χ2n) is 4.04. The summed E-state index contributed by atoms with van der Waals surface area (Å²) in [6.07, 6.45) is 5.02. The Bertz CT molecular complexity index is 237. The maximum atomic E-state index is 11.1. The third kappa shape index (κ3) is 6.10. The maximum Gasteiger partial charge on any atom is 0.306 e. The van der Waals surface area contributed by atoms with Crippen LogP contribution in [0.2, 0.25) is 0 Å². The molecule has 0 bridgehead atoms. The molecule has 0 fully saturated rings. The topological polar surface area (TPSA) is 26.3 Å². The fourth-order valence-electron chi connectivity index (χ4n) is 1.19. The van der Waals surface area contributed by atoms with E-state index in [0.29, 0.717) is 6.42 Å². The molecule has 0 aliphatic heterocycles. The summed E-state index contributed by atoms with van der Waals surface area (Å²) < 4.78 is 5.26. The molecule has 0 radical (unpaired) electrons. The van der Waals surface area contributed by atoms with Gasteiger partial charge in [-0.05, 0) is 20.3 Å². The molecule has 0 saturated heterocycles. The van der Waals surface area contributed by atoms with Crippen molar-refractivity contribution in [2.75, 3.05) is 0 Å². The first kappa shape index (κ1) is 13.9. The van der Waals surface area contributed by atoms with E-state index < -0.39 is 0 Å². The standard InChI is InChI=1S/C13H22O2/c1-6-12(15-13(14)7-2)11(5)9-8-10(3)4/h6,8,11-12H,1,7,9H2,2-5H3. The van der Waals surface area contributed by atoms with Crippen molar-refractivity contribution in [1.82, 2.24) is 0 Å². The summed E-state index contributed by atoms with van der Waals surface area (Å²) in [4.78, 5) is 11.1. The van der Waals surface area contributed by atoms with Crippen molar-refractivity contribution in [3.8, 4) is 0 Å². The van der Waals surface area contributed by atoms with Gasteiger partial charge in [-0.2, -0.15) is 0 Å². The van der Waals surface area contributed by atoms with Crippen LogP contribution < -0.4 is 0 Å². The van der Waals surface area contributed by atoms with Crippen molar-refractivity contribution >= 4 is 5.97 Å². The molecule has 0 rings (SSSR count). The van der Waals surface area contributed by atoms with Crippen LogP contribution in [-0.4, -0.2) is 12.1 Å². The van der Waals surface area contributed by atoms with Crippen LogP contribution in [-0.2, 0) is 9.53 Å². The van der Waals surface area contributed by atoms with Crippen LogP contribution >= 0.6 is 0 Å². The number of ether oxygens (including phenoxy) is 1. The average Bonchev–Trinajstić information content (AvgIpc) is 2.21. The Morgan fingerprint density at radius 3 is 2.47 bits per heavy atom. The monoisotopic (exact) mass is 210 g/mol. The molecule has 0 aliphatic rings. The van der Waals surface area contributed by atoms with E-state index in [1.807, 2.05) is 0 Å². The van der Waals surface area contributed by atoms with Crippen LogP contribution in [0.4, 0.5) is 0 Å². The minimum atomic E-state index is -0.173. The molecule has 2 unspecified atom stereocenters. The fraction of sp³-hybridized carbons (Fsp3) is 0.615. The minimum Gasteiger partial charge on any atom is -0.458 e. The molecule has 86 valence electrons. The second kappa shape index (κ2) is 7.27. The first-order valence-corrected chi connectivity index (χ1v) is 5.46. The lowest BCUT2D eigenvalue weighted by Gasteiger charge is -2.19. The van der Waals surface area contributed by atoms with Gasteiger partial charge < -0.3 is 4.74 Å². The molecular formula is C13H22O2. The van der Waals surface area contributed by atoms with Crippen LogP contribution in [0.5, 0.6) is 0 Å². The molecule has 15 heavy (non-hydrogen) atoms. The Morgan fingerprint density at radius 2 is 2.07 bits per heavy atom. The number of carbonyl (C=O) groups is 1. The van der Waals surface area contributed by atoms with E-state index >= 15 is 0 Å². The Hall–Kier alpha value is -1.05. The van der Waals surface area contributed by atoms with Crippen molar-refractivity contribution in [1.29, 1.82) is 0 Å². The predicted octanol–water partition coefficient (Wildman–Crippen LogP) is 3.49. The molecule has 0 aromatic heterocycles. The van der Waals surface area contributed by atoms with E-state index in [2.05, 4.69) is 33.4 Å². The third-order valence-electron chi connectivity index (χ3n) is 2.25. The van der Waals surface area contributed by atoms with Gasteiger partial charge in [-0.3, -0.25) is 4.79 Å². The Labute approximate surface area is 93.0 Å². The van der Waals surface area contributed by atoms with E-state index in [-0.39, 0.29) is 18.0 Å². The normalized spacial score (nSPS) is 13.9. The molecule has 0 heterocycles. The van der Waals surface area contributed by atoms with Crippen molar-refractivity contribution in [2.24, 2.45) is 5.92 Å². The van der Waals surface area contributed by atoms with Crippen LogP contribution in [0.1, 0.15) is 40.5 Å². The highest BCUT2D eigenvalue weighted by Gasteiger charge is 2.16. The summed E-state index contributed by atoms with van der Waals surface area (Å²) in [6.45, 7) is 11.7. The average molecular weight is 210 g/mol. The summed E-state index contributed by atoms with van der Waals surface area (Å²) in [5, 5.41) is 0. The van der Waals surface area contributed by atoms with Crippen molar-refractivity contribution in [3.63, 3.8) is 0 Å². The number of rotatable bonds is 6. The molecule has 2 heteroatoms. The zero-order chi connectivity index (χ0) is 11.8. The maximum absolute atomic E-state index is 11.1. The Balaban J connectivity index is 4.21. The van der Waals surface area contributed by atoms with Crippen LogP contribution in [0, 0.1) is 5.92 Å². The molecule has 2 nitrogen and oxygen atoms in total. The predicted molar refractivity (Wildman–Crippen MR) is 63.6 cm³/mol. The Kier molecular flexibility index (Phi) is 6.76. The quantitative estimate of drug-likeness (QED) is 0.495. The molecule has 0 aromatic rings. The van der Waals surface area contributed by atoms with Crippen LogP contribution in [0.25, 0.3) is 0 Å². The lowest BCUT2D eigenvalue weighted by Crippen LogP contribution is -2.22. The van der Waals surface area contributed by atoms with Gasteiger partial charge in [-0.25, -0.2) is 0 Å². The molecule has 0 amide bonds. The van der Waals surface area contributed by atoms with Gasteiger partial charge in [0.05, 0.1) is 0 Å². The zero-order valence-electron chi connectivity index (χ0n) is 10.2. The molecule has 0 spiro atoms. The van der Waals surface area contributed by atoms with Crippen molar-refractivity contribution in [2.45, 2.75) is 46.6 Å². The van der Waals surface area contributed by atoms with Crippen LogP contribution in [0.15, 0.2) is 24.3 Å². The van der Waals surface area contributed by atoms with E-state index in [1.165, 1.54) is 5.57 Å². The SMILES string of the molecule is C=CC(OC(=O)CC)C(C)CC=C(C)C. The van der Waals surface area contributed by atoms with Gasteiger partial charge in [0.2, 0.25) is 0 Å². The molecular weight excluding hydrogens is 188 g/mol. The first-order chi connectivity index (χ1) is 7.01. The molecule has 0 N–H and O–H groups in total. The second-order valence-corrected chi connectivity index (χ2v) is 4.04. The van der Waals surface area contributed by atoms with Gasteiger partial charge in [0.15, 0.2) is 0 Å². The number of allylic oxidation sites excluding steroid dienone is 2. The lowest BCUT2D eigenvalue weighted by molar-refractivity contribution is -0.148. The fourth-order valence-corrected chi connectivity index (χ4v) is 1.19. The number of hydrogen-bond donors (Lipinski definition) is 0. The number of carbonyl (C=O) groups excluding carboxylic acids is 1. The smallest absolute Gasteiger partial charge is 0.306 e. The lowest BCUT2D eigenvalue weighted by atomic mass is 9.99. The largest absolute Gasteiger partial charge is 0.458 e. The molecule has 2 atom stereocenters. The molecule has 0 aliphatic carbocycles. The Morgan fingerprint density at radius 1 is 1.47 bits per heavy atom. The molecule has 0 aromatic carbocycles. The van der Waals surface area contributed by atoms with E-state index in [4.69, 9.17) is 4.74 Å². The summed E-state index contributed by atoms with van der Waals surface area (Å²) in [6, 6.07) is 0. The third-order valence-corrected chi connectivity index (χ3v) is 2.25. The van der Waals surface area contributed by atoms with Gasteiger partial charge in [0.1, 0.15) is 6.10 Å². The number of hydrogen-bond acceptors (Lipinski definition) is 2. The zero-order valence-corrected chi connectivity index (χ0v) is 10.2. The summed E-state index contributed by atoms with van der Waals surface area (Å²) in [7, 11) is 0. The minimum absolute atomic E-state index is 0.163.